The molecule has 74 valence electrons. The molecule has 0 amide bonds. The first-order valence-electron chi connectivity index (χ1n) is 3.89. The Bertz CT molecular complexity index is 320. The van der Waals surface area contributed by atoms with Crippen molar-refractivity contribution in [1.29, 1.82) is 0 Å². The van der Waals surface area contributed by atoms with Gasteiger partial charge in [0.2, 0.25) is 0 Å². The maximum Gasteiger partial charge on any atom is 0.299 e. The minimum Gasteiger partial charge on any atom is -0.390 e. The number of aliphatic hydroxyl groups is 1. The molecule has 1 aromatic heterocycles. The zero-order valence-electron chi connectivity index (χ0n) is 7.80. The number of hydrogen-bond donors (Lipinski definition) is 1. The summed E-state index contributed by atoms with van der Waals surface area (Å²) in [6.45, 7) is 1.88. The van der Waals surface area contributed by atoms with E-state index in [0.717, 1.165) is 0 Å². The molecule has 0 aromatic carbocycles. The largest absolute Gasteiger partial charge is 0.390 e. The van der Waals surface area contributed by atoms with Crippen LogP contribution in [0.5, 0.6) is 0 Å². The van der Waals surface area contributed by atoms with Crippen LogP contribution in [0, 0.1) is 13.8 Å². The maximum atomic E-state index is 13.1. The fraction of sp³-hybridized carbons (Fsp3) is 0.625. The average Bonchev–Trinajstić information content (AvgIpc) is 2.27. The van der Waals surface area contributed by atoms with Crippen LogP contribution >= 0.6 is 0 Å². The topological polar surface area (TPSA) is 38.0 Å². The standard InChI is InChI=1S/C8H12F2N2O/c1-5-7(8(9,10)4-13)6(2)12(3)11-5/h13H,4H2,1-3H3. The predicted octanol–water partition coefficient (Wildman–Crippen LogP) is 1.12. The van der Waals surface area contributed by atoms with Gasteiger partial charge in [0.05, 0.1) is 11.3 Å². The molecule has 1 heterocycles. The molecule has 13 heavy (non-hydrogen) atoms. The Morgan fingerprint density at radius 1 is 1.46 bits per heavy atom. The van der Waals surface area contributed by atoms with Gasteiger partial charge in [0, 0.05) is 12.7 Å². The molecule has 0 aliphatic rings. The summed E-state index contributed by atoms with van der Waals surface area (Å²) >= 11 is 0. The summed E-state index contributed by atoms with van der Waals surface area (Å²) in [5, 5.41) is 12.4. The van der Waals surface area contributed by atoms with Crippen LogP contribution in [-0.4, -0.2) is 21.5 Å². The number of halogens is 2. The Hall–Kier alpha value is -0.970. The quantitative estimate of drug-likeness (QED) is 0.758. The minimum absolute atomic E-state index is 0.169. The third kappa shape index (κ3) is 1.56. The van der Waals surface area contributed by atoms with Gasteiger partial charge in [-0.1, -0.05) is 0 Å². The van der Waals surface area contributed by atoms with Crippen molar-refractivity contribution >= 4 is 0 Å². The normalized spacial score (nSPS) is 12.2. The van der Waals surface area contributed by atoms with E-state index in [1.54, 1.807) is 14.0 Å². The molecule has 1 rings (SSSR count). The van der Waals surface area contributed by atoms with Gasteiger partial charge >= 0.3 is 0 Å². The van der Waals surface area contributed by atoms with E-state index in [4.69, 9.17) is 5.11 Å². The number of aromatic nitrogens is 2. The fourth-order valence-corrected chi connectivity index (χ4v) is 1.38. The summed E-state index contributed by atoms with van der Waals surface area (Å²) in [4.78, 5) is 0. The molecule has 0 bridgehead atoms. The summed E-state index contributed by atoms with van der Waals surface area (Å²) in [5.41, 5.74) is 0.480. The summed E-state index contributed by atoms with van der Waals surface area (Å²) in [7, 11) is 1.60. The lowest BCUT2D eigenvalue weighted by Gasteiger charge is -2.13. The third-order valence-electron chi connectivity index (χ3n) is 2.07. The smallest absolute Gasteiger partial charge is 0.299 e. The van der Waals surface area contributed by atoms with Crippen LogP contribution in [0.25, 0.3) is 0 Å². The van der Waals surface area contributed by atoms with Crippen molar-refractivity contribution in [2.24, 2.45) is 7.05 Å². The second kappa shape index (κ2) is 3.06. The van der Waals surface area contributed by atoms with E-state index in [1.165, 1.54) is 11.6 Å². The lowest BCUT2D eigenvalue weighted by Crippen LogP contribution is -2.20. The first-order chi connectivity index (χ1) is 5.90. The molecule has 0 unspecified atom stereocenters. The van der Waals surface area contributed by atoms with Crippen molar-refractivity contribution in [2.45, 2.75) is 19.8 Å². The molecule has 0 atom stereocenters. The van der Waals surface area contributed by atoms with Crippen LogP contribution in [0.3, 0.4) is 0 Å². The molecule has 0 aliphatic carbocycles. The molecule has 0 saturated carbocycles. The second-order valence-electron chi connectivity index (χ2n) is 3.03. The van der Waals surface area contributed by atoms with E-state index >= 15 is 0 Å². The first kappa shape index (κ1) is 10.1. The Morgan fingerprint density at radius 3 is 2.31 bits per heavy atom. The van der Waals surface area contributed by atoms with Crippen LogP contribution < -0.4 is 0 Å². The highest BCUT2D eigenvalue weighted by Gasteiger charge is 2.36. The highest BCUT2D eigenvalue weighted by Crippen LogP contribution is 2.31. The van der Waals surface area contributed by atoms with Crippen LogP contribution in [0.1, 0.15) is 17.0 Å². The minimum atomic E-state index is -3.19. The molecule has 0 radical (unpaired) electrons. The Labute approximate surface area is 75.0 Å². The summed E-state index contributed by atoms with van der Waals surface area (Å²) in [6.07, 6.45) is 0. The molecular weight excluding hydrogens is 178 g/mol. The SMILES string of the molecule is Cc1nn(C)c(C)c1C(F)(F)CO. The number of nitrogens with zero attached hydrogens (tertiary/aromatic N) is 2. The van der Waals surface area contributed by atoms with Gasteiger partial charge in [-0.25, -0.2) is 0 Å². The molecule has 0 spiro atoms. The third-order valence-corrected chi connectivity index (χ3v) is 2.07. The number of hydrogen-bond acceptors (Lipinski definition) is 2. The number of aliphatic hydroxyl groups excluding tert-OH is 1. The molecule has 5 heteroatoms. The van der Waals surface area contributed by atoms with E-state index in [0.29, 0.717) is 5.69 Å². The van der Waals surface area contributed by atoms with Crippen molar-refractivity contribution in [1.82, 2.24) is 9.78 Å². The molecule has 0 aliphatic heterocycles. The Morgan fingerprint density at radius 2 is 2.00 bits per heavy atom. The highest BCUT2D eigenvalue weighted by molar-refractivity contribution is 5.29. The molecular formula is C8H12F2N2O. The van der Waals surface area contributed by atoms with Crippen molar-refractivity contribution in [3.05, 3.63) is 17.0 Å². The van der Waals surface area contributed by atoms with E-state index in [2.05, 4.69) is 5.10 Å². The van der Waals surface area contributed by atoms with Crippen LogP contribution in [0.2, 0.25) is 0 Å². The molecule has 0 fully saturated rings. The molecule has 3 nitrogen and oxygen atoms in total. The maximum absolute atomic E-state index is 13.1. The van der Waals surface area contributed by atoms with Crippen molar-refractivity contribution < 1.29 is 13.9 Å². The van der Waals surface area contributed by atoms with E-state index < -0.39 is 12.5 Å². The van der Waals surface area contributed by atoms with Gasteiger partial charge in [0.25, 0.3) is 5.92 Å². The summed E-state index contributed by atoms with van der Waals surface area (Å²) < 4.78 is 27.6. The monoisotopic (exact) mass is 190 g/mol. The van der Waals surface area contributed by atoms with Crippen LogP contribution in [-0.2, 0) is 13.0 Å². The second-order valence-corrected chi connectivity index (χ2v) is 3.03. The zero-order chi connectivity index (χ0) is 10.2. The average molecular weight is 190 g/mol. The predicted molar refractivity (Wildman–Crippen MR) is 43.7 cm³/mol. The van der Waals surface area contributed by atoms with Crippen LogP contribution in [0.15, 0.2) is 0 Å². The van der Waals surface area contributed by atoms with Gasteiger partial charge in [0.1, 0.15) is 6.61 Å². The van der Waals surface area contributed by atoms with Gasteiger partial charge in [-0.15, -0.1) is 0 Å². The zero-order valence-corrected chi connectivity index (χ0v) is 7.80. The lowest BCUT2D eigenvalue weighted by atomic mass is 10.1. The highest BCUT2D eigenvalue weighted by atomic mass is 19.3. The van der Waals surface area contributed by atoms with Gasteiger partial charge < -0.3 is 5.11 Å². The van der Waals surface area contributed by atoms with Crippen LogP contribution in [0.4, 0.5) is 8.78 Å². The first-order valence-corrected chi connectivity index (χ1v) is 3.89. The van der Waals surface area contributed by atoms with E-state index in [-0.39, 0.29) is 11.3 Å². The van der Waals surface area contributed by atoms with Crippen molar-refractivity contribution in [2.75, 3.05) is 6.61 Å². The number of rotatable bonds is 2. The van der Waals surface area contributed by atoms with Gasteiger partial charge in [-0.05, 0) is 13.8 Å². The summed E-state index contributed by atoms with van der Waals surface area (Å²) in [6, 6.07) is 0. The molecule has 0 saturated heterocycles. The van der Waals surface area contributed by atoms with Gasteiger partial charge in [0.15, 0.2) is 0 Å². The molecule has 1 N–H and O–H groups in total. The van der Waals surface area contributed by atoms with Gasteiger partial charge in [-0.2, -0.15) is 13.9 Å². The van der Waals surface area contributed by atoms with Gasteiger partial charge in [-0.3, -0.25) is 4.68 Å². The summed E-state index contributed by atoms with van der Waals surface area (Å²) in [5.74, 6) is -3.19. The lowest BCUT2D eigenvalue weighted by molar-refractivity contribution is -0.0566. The number of alkyl halides is 2. The number of aryl methyl sites for hydroxylation is 2. The van der Waals surface area contributed by atoms with E-state index in [1.807, 2.05) is 0 Å². The van der Waals surface area contributed by atoms with Crippen molar-refractivity contribution in [3.8, 4) is 0 Å². The Kier molecular flexibility index (Phi) is 2.38. The van der Waals surface area contributed by atoms with E-state index in [9.17, 15) is 8.78 Å². The Balaban J connectivity index is 3.28. The fourth-order valence-electron chi connectivity index (χ4n) is 1.38. The van der Waals surface area contributed by atoms with Crippen molar-refractivity contribution in [3.63, 3.8) is 0 Å². The molecule has 1 aromatic rings.